The maximum atomic E-state index is 14.8. The summed E-state index contributed by atoms with van der Waals surface area (Å²) in [6.45, 7) is 13.3. The second-order valence-electron chi connectivity index (χ2n) is 12.9. The fraction of sp³-hybridized carbons (Fsp3) is 0.500. The van der Waals surface area contributed by atoms with Gasteiger partial charge in [-0.05, 0) is 79.0 Å². The SMILES string of the molecule is Cc1cn2cc(C(=O)Nc3ccc(N4C[C@@H](C)N(C(=O)OC(C)(C)C)[C@@H](C)C4)c4cnn(C5CCCCO5)c34)cc(F)c2n1. The third-order valence-corrected chi connectivity index (χ3v) is 8.16. The number of nitrogens with zero attached hydrogens (tertiary/aromatic N) is 6. The van der Waals surface area contributed by atoms with E-state index in [1.807, 2.05) is 62.5 Å². The van der Waals surface area contributed by atoms with Crippen LogP contribution in [0.25, 0.3) is 16.6 Å². The minimum atomic E-state index is -0.578. The molecule has 2 fully saturated rings. The summed E-state index contributed by atoms with van der Waals surface area (Å²) in [6.07, 6.45) is 7.30. The monoisotopic (exact) mass is 605 g/mol. The van der Waals surface area contributed by atoms with Crippen molar-refractivity contribution < 1.29 is 23.5 Å². The Hall–Kier alpha value is -4.19. The Morgan fingerprint density at radius 3 is 2.55 bits per heavy atom. The summed E-state index contributed by atoms with van der Waals surface area (Å²) >= 11 is 0. The minimum absolute atomic E-state index is 0.101. The van der Waals surface area contributed by atoms with Gasteiger partial charge in [0, 0.05) is 43.2 Å². The quantitative estimate of drug-likeness (QED) is 0.308. The largest absolute Gasteiger partial charge is 0.444 e. The Labute approximate surface area is 255 Å². The molecule has 0 aliphatic carbocycles. The summed E-state index contributed by atoms with van der Waals surface area (Å²) < 4.78 is 30.0. The van der Waals surface area contributed by atoms with Crippen molar-refractivity contribution in [1.82, 2.24) is 24.1 Å². The topological polar surface area (TPSA) is 106 Å². The number of rotatable bonds is 4. The van der Waals surface area contributed by atoms with Gasteiger partial charge in [0.1, 0.15) is 5.60 Å². The number of aryl methyl sites for hydroxylation is 1. The molecule has 1 aromatic carbocycles. The molecule has 3 aromatic heterocycles. The number of fused-ring (bicyclic) bond motifs is 2. The molecular weight excluding hydrogens is 565 g/mol. The standard InChI is InChI=1S/C32H40FN7O4/c1-19-15-38-18-22(13-24(33)29(38)35-19)30(41)36-25-10-11-26(23-14-34-40(28(23)25)27-9-7-8-12-43-27)37-16-20(2)39(21(3)17-37)31(42)44-32(4,5)6/h10-11,13-15,18,20-21,27H,7-9,12,16-17H2,1-6H3,(H,36,41)/t20-,21+,27?. The molecule has 2 aliphatic rings. The highest BCUT2D eigenvalue weighted by atomic mass is 19.1. The molecule has 1 unspecified atom stereocenters. The van der Waals surface area contributed by atoms with Crippen LogP contribution in [0.5, 0.6) is 0 Å². The van der Waals surface area contributed by atoms with E-state index in [-0.39, 0.29) is 35.6 Å². The van der Waals surface area contributed by atoms with Crippen molar-refractivity contribution in [3.63, 3.8) is 0 Å². The lowest BCUT2D eigenvalue weighted by Gasteiger charge is -2.45. The van der Waals surface area contributed by atoms with Gasteiger partial charge < -0.3 is 24.1 Å². The van der Waals surface area contributed by atoms with Crippen LogP contribution in [0.4, 0.5) is 20.6 Å². The molecule has 44 heavy (non-hydrogen) atoms. The number of amides is 2. The van der Waals surface area contributed by atoms with E-state index in [1.54, 1.807) is 19.3 Å². The van der Waals surface area contributed by atoms with E-state index in [2.05, 4.69) is 15.2 Å². The maximum Gasteiger partial charge on any atom is 0.410 e. The molecule has 12 heteroatoms. The lowest BCUT2D eigenvalue weighted by molar-refractivity contribution is -0.0366. The van der Waals surface area contributed by atoms with Gasteiger partial charge in [-0.2, -0.15) is 5.10 Å². The molecule has 0 saturated carbocycles. The van der Waals surface area contributed by atoms with Crippen LogP contribution in [0.2, 0.25) is 0 Å². The van der Waals surface area contributed by atoms with Gasteiger partial charge in [-0.15, -0.1) is 0 Å². The van der Waals surface area contributed by atoms with Crippen LogP contribution < -0.4 is 10.2 Å². The second kappa shape index (κ2) is 11.4. The Kier molecular flexibility index (Phi) is 7.73. The number of benzene rings is 1. The average Bonchev–Trinajstić information content (AvgIpc) is 3.56. The van der Waals surface area contributed by atoms with Crippen molar-refractivity contribution in [2.75, 3.05) is 29.9 Å². The summed E-state index contributed by atoms with van der Waals surface area (Å²) in [5.74, 6) is -1.02. The number of aromatic nitrogens is 4. The fourth-order valence-electron chi connectivity index (χ4n) is 6.35. The number of halogens is 1. The van der Waals surface area contributed by atoms with Crippen molar-refractivity contribution in [2.45, 2.75) is 84.7 Å². The van der Waals surface area contributed by atoms with Gasteiger partial charge in [0.15, 0.2) is 17.7 Å². The summed E-state index contributed by atoms with van der Waals surface area (Å²) in [6, 6.07) is 4.84. The van der Waals surface area contributed by atoms with Crippen LogP contribution in [0.3, 0.4) is 0 Å². The molecule has 2 saturated heterocycles. The van der Waals surface area contributed by atoms with E-state index in [0.717, 1.165) is 35.9 Å². The van der Waals surface area contributed by atoms with Crippen molar-refractivity contribution in [2.24, 2.45) is 0 Å². The normalized spacial score (nSPS) is 21.2. The lowest BCUT2D eigenvalue weighted by Crippen LogP contribution is -2.59. The summed E-state index contributed by atoms with van der Waals surface area (Å²) in [5, 5.41) is 8.62. The number of anilines is 2. The Bertz CT molecular complexity index is 1710. The third kappa shape index (κ3) is 5.70. The average molecular weight is 606 g/mol. The van der Waals surface area contributed by atoms with E-state index in [0.29, 0.717) is 31.1 Å². The maximum absolute atomic E-state index is 14.8. The fourth-order valence-corrected chi connectivity index (χ4v) is 6.35. The van der Waals surface area contributed by atoms with Gasteiger partial charge in [-0.25, -0.2) is 18.9 Å². The molecule has 234 valence electrons. The molecule has 2 aliphatic heterocycles. The first-order chi connectivity index (χ1) is 20.9. The van der Waals surface area contributed by atoms with Gasteiger partial charge in [0.2, 0.25) is 0 Å². The molecule has 6 rings (SSSR count). The predicted molar refractivity (Wildman–Crippen MR) is 166 cm³/mol. The Balaban J connectivity index is 1.34. The van der Waals surface area contributed by atoms with Gasteiger partial charge in [0.25, 0.3) is 5.91 Å². The molecule has 0 spiro atoms. The van der Waals surface area contributed by atoms with E-state index >= 15 is 0 Å². The molecule has 1 N–H and O–H groups in total. The highest BCUT2D eigenvalue weighted by Crippen LogP contribution is 2.37. The van der Waals surface area contributed by atoms with Crippen molar-refractivity contribution in [3.05, 3.63) is 53.9 Å². The summed E-state index contributed by atoms with van der Waals surface area (Å²) in [5.41, 5.74) is 2.66. The van der Waals surface area contributed by atoms with Crippen LogP contribution in [0, 0.1) is 12.7 Å². The number of carbonyl (C=O) groups excluding carboxylic acids is 2. The van der Waals surface area contributed by atoms with E-state index in [4.69, 9.17) is 14.6 Å². The van der Waals surface area contributed by atoms with Crippen molar-refractivity contribution >= 4 is 39.9 Å². The minimum Gasteiger partial charge on any atom is -0.444 e. The predicted octanol–water partition coefficient (Wildman–Crippen LogP) is 5.92. The number of nitrogens with one attached hydrogen (secondary N) is 1. The number of hydrogen-bond donors (Lipinski definition) is 1. The third-order valence-electron chi connectivity index (χ3n) is 8.16. The first kappa shape index (κ1) is 29.9. The number of hydrogen-bond acceptors (Lipinski definition) is 7. The number of carbonyl (C=O) groups is 2. The van der Waals surface area contributed by atoms with Crippen molar-refractivity contribution in [1.29, 1.82) is 0 Å². The number of imidazole rings is 1. The van der Waals surface area contributed by atoms with Gasteiger partial charge >= 0.3 is 6.09 Å². The molecule has 3 atom stereocenters. The smallest absolute Gasteiger partial charge is 0.410 e. The Morgan fingerprint density at radius 2 is 1.86 bits per heavy atom. The van der Waals surface area contributed by atoms with Gasteiger partial charge in [-0.3, -0.25) is 9.69 Å². The van der Waals surface area contributed by atoms with E-state index < -0.39 is 17.3 Å². The van der Waals surface area contributed by atoms with Crippen molar-refractivity contribution in [3.8, 4) is 0 Å². The first-order valence-corrected chi connectivity index (χ1v) is 15.2. The zero-order chi connectivity index (χ0) is 31.3. The Morgan fingerprint density at radius 1 is 1.11 bits per heavy atom. The molecule has 5 heterocycles. The molecule has 2 amide bonds. The molecule has 0 bridgehead atoms. The highest BCUT2D eigenvalue weighted by molar-refractivity contribution is 6.10. The van der Waals surface area contributed by atoms with Crippen LogP contribution >= 0.6 is 0 Å². The lowest BCUT2D eigenvalue weighted by atomic mass is 10.1. The zero-order valence-corrected chi connectivity index (χ0v) is 26.1. The van der Waals surface area contributed by atoms with Crippen LogP contribution in [-0.4, -0.2) is 73.4 Å². The molecule has 4 aromatic rings. The van der Waals surface area contributed by atoms with E-state index in [9.17, 15) is 14.0 Å². The summed E-state index contributed by atoms with van der Waals surface area (Å²) in [4.78, 5) is 34.8. The van der Waals surface area contributed by atoms with Crippen LogP contribution in [0.1, 0.15) is 76.2 Å². The summed E-state index contributed by atoms with van der Waals surface area (Å²) in [7, 11) is 0. The first-order valence-electron chi connectivity index (χ1n) is 15.2. The number of ether oxygens (including phenoxy) is 2. The zero-order valence-electron chi connectivity index (χ0n) is 26.1. The highest BCUT2D eigenvalue weighted by Gasteiger charge is 2.36. The number of piperazine rings is 1. The second-order valence-corrected chi connectivity index (χ2v) is 12.9. The van der Waals surface area contributed by atoms with Crippen LogP contribution in [-0.2, 0) is 9.47 Å². The molecule has 0 radical (unpaired) electrons. The van der Waals surface area contributed by atoms with E-state index in [1.165, 1.54) is 10.5 Å². The number of pyridine rings is 1. The molecular formula is C32H40FN7O4. The van der Waals surface area contributed by atoms with Gasteiger partial charge in [-0.1, -0.05) is 0 Å². The van der Waals surface area contributed by atoms with Gasteiger partial charge in [0.05, 0.1) is 40.7 Å². The van der Waals surface area contributed by atoms with Crippen LogP contribution in [0.15, 0.2) is 36.8 Å². The molecule has 11 nitrogen and oxygen atoms in total.